The average molecular weight is 283 g/mol. The van der Waals surface area contributed by atoms with E-state index >= 15 is 0 Å². The summed E-state index contributed by atoms with van der Waals surface area (Å²) < 4.78 is 6.50. The maximum Gasteiger partial charge on any atom is 0.330 e. The highest BCUT2D eigenvalue weighted by Crippen LogP contribution is 2.29. The van der Waals surface area contributed by atoms with Crippen LogP contribution >= 0.6 is 11.6 Å². The van der Waals surface area contributed by atoms with Crippen molar-refractivity contribution in [2.24, 2.45) is 0 Å². The van der Waals surface area contributed by atoms with Gasteiger partial charge >= 0.3 is 5.69 Å². The van der Waals surface area contributed by atoms with Gasteiger partial charge in [0.25, 0.3) is 0 Å². The van der Waals surface area contributed by atoms with Gasteiger partial charge in [0.2, 0.25) is 5.82 Å². The van der Waals surface area contributed by atoms with Crippen LogP contribution in [0.4, 0.5) is 11.5 Å². The summed E-state index contributed by atoms with van der Waals surface area (Å²) >= 11 is 6.08. The van der Waals surface area contributed by atoms with E-state index < -0.39 is 4.92 Å². The Kier molecular flexibility index (Phi) is 3.57. The molecule has 0 bridgehead atoms. The number of nitrogen functional groups attached to an aromatic ring is 1. The topological polar surface area (TPSA) is 96.2 Å². The maximum atomic E-state index is 10.7. The molecule has 0 aliphatic heterocycles. The van der Waals surface area contributed by atoms with Gasteiger partial charge < -0.3 is 10.5 Å². The fourth-order valence-electron chi connectivity index (χ4n) is 1.68. The molecule has 19 heavy (non-hydrogen) atoms. The SMILES string of the molecule is COc1cccc(Cl)c1Cn1ncc([N+](=O)[O-])c1N. The lowest BCUT2D eigenvalue weighted by atomic mass is 10.2. The first-order valence-electron chi connectivity index (χ1n) is 5.31. The molecule has 0 spiro atoms. The smallest absolute Gasteiger partial charge is 0.330 e. The second-order valence-electron chi connectivity index (χ2n) is 3.75. The average Bonchev–Trinajstić information content (AvgIpc) is 2.73. The van der Waals surface area contributed by atoms with E-state index in [9.17, 15) is 10.1 Å². The molecule has 7 nitrogen and oxygen atoms in total. The first-order valence-corrected chi connectivity index (χ1v) is 5.69. The molecule has 2 rings (SSSR count). The minimum absolute atomic E-state index is 0.0213. The van der Waals surface area contributed by atoms with E-state index in [1.54, 1.807) is 18.2 Å². The van der Waals surface area contributed by atoms with Gasteiger partial charge in [0.15, 0.2) is 0 Å². The number of aromatic nitrogens is 2. The van der Waals surface area contributed by atoms with Crippen molar-refractivity contribution in [1.29, 1.82) is 0 Å². The molecule has 1 aromatic carbocycles. The van der Waals surface area contributed by atoms with E-state index in [0.717, 1.165) is 6.20 Å². The molecule has 1 heterocycles. The Hall–Kier alpha value is -2.28. The molecule has 0 atom stereocenters. The summed E-state index contributed by atoms with van der Waals surface area (Å²) in [5.74, 6) is 0.553. The number of halogens is 1. The number of benzene rings is 1. The molecular weight excluding hydrogens is 272 g/mol. The van der Waals surface area contributed by atoms with Crippen LogP contribution in [0.25, 0.3) is 0 Å². The van der Waals surface area contributed by atoms with Gasteiger partial charge in [-0.1, -0.05) is 17.7 Å². The fourth-order valence-corrected chi connectivity index (χ4v) is 1.91. The van der Waals surface area contributed by atoms with Crippen LogP contribution in [0.15, 0.2) is 24.4 Å². The van der Waals surface area contributed by atoms with E-state index in [1.807, 2.05) is 0 Å². The third kappa shape index (κ3) is 2.45. The van der Waals surface area contributed by atoms with Gasteiger partial charge in [0, 0.05) is 10.6 Å². The largest absolute Gasteiger partial charge is 0.496 e. The molecule has 100 valence electrons. The Morgan fingerprint density at radius 1 is 1.58 bits per heavy atom. The van der Waals surface area contributed by atoms with Gasteiger partial charge in [0.1, 0.15) is 11.9 Å². The van der Waals surface area contributed by atoms with E-state index in [0.29, 0.717) is 16.3 Å². The number of anilines is 1. The molecule has 0 unspecified atom stereocenters. The fraction of sp³-hybridized carbons (Fsp3) is 0.182. The number of methoxy groups -OCH3 is 1. The van der Waals surface area contributed by atoms with Crippen LogP contribution in [0.1, 0.15) is 5.56 Å². The van der Waals surface area contributed by atoms with Gasteiger partial charge in [-0.3, -0.25) is 10.1 Å². The van der Waals surface area contributed by atoms with Crippen molar-refractivity contribution in [2.45, 2.75) is 6.54 Å². The summed E-state index contributed by atoms with van der Waals surface area (Å²) in [6, 6.07) is 5.20. The van der Waals surface area contributed by atoms with Crippen molar-refractivity contribution >= 4 is 23.1 Å². The summed E-state index contributed by atoms with van der Waals surface area (Å²) in [6.45, 7) is 0.197. The maximum absolute atomic E-state index is 10.7. The second-order valence-corrected chi connectivity index (χ2v) is 4.16. The molecule has 0 saturated heterocycles. The van der Waals surface area contributed by atoms with Gasteiger partial charge in [0.05, 0.1) is 18.6 Å². The molecule has 0 fully saturated rings. The van der Waals surface area contributed by atoms with Crippen molar-refractivity contribution < 1.29 is 9.66 Å². The van der Waals surface area contributed by atoms with Crippen molar-refractivity contribution in [3.63, 3.8) is 0 Å². The van der Waals surface area contributed by atoms with Crippen LogP contribution < -0.4 is 10.5 Å². The zero-order valence-corrected chi connectivity index (χ0v) is 10.8. The van der Waals surface area contributed by atoms with Crippen LogP contribution in [-0.2, 0) is 6.54 Å². The van der Waals surface area contributed by atoms with Gasteiger partial charge in [-0.2, -0.15) is 5.10 Å². The van der Waals surface area contributed by atoms with E-state index in [1.165, 1.54) is 11.8 Å². The van der Waals surface area contributed by atoms with Crippen LogP contribution in [0.3, 0.4) is 0 Å². The lowest BCUT2D eigenvalue weighted by Crippen LogP contribution is -2.08. The molecule has 0 radical (unpaired) electrons. The predicted molar refractivity (Wildman–Crippen MR) is 70.4 cm³/mol. The van der Waals surface area contributed by atoms with E-state index in [2.05, 4.69) is 5.10 Å². The number of hydrogen-bond donors (Lipinski definition) is 1. The van der Waals surface area contributed by atoms with Gasteiger partial charge in [-0.05, 0) is 12.1 Å². The van der Waals surface area contributed by atoms with Crippen molar-refractivity contribution in [3.05, 3.63) is 45.1 Å². The Balaban J connectivity index is 2.39. The molecule has 2 N–H and O–H groups in total. The van der Waals surface area contributed by atoms with E-state index in [-0.39, 0.29) is 18.1 Å². The Morgan fingerprint density at radius 3 is 2.89 bits per heavy atom. The number of hydrogen-bond acceptors (Lipinski definition) is 5. The second kappa shape index (κ2) is 5.15. The number of rotatable bonds is 4. The zero-order valence-electron chi connectivity index (χ0n) is 10.0. The Morgan fingerprint density at radius 2 is 2.32 bits per heavy atom. The molecule has 0 saturated carbocycles. The van der Waals surface area contributed by atoms with Gasteiger partial charge in [-0.25, -0.2) is 4.68 Å². The molecular formula is C11H11ClN4O3. The number of ether oxygens (including phenoxy) is 1. The highest BCUT2D eigenvalue weighted by molar-refractivity contribution is 6.31. The number of nitrogens with zero attached hydrogens (tertiary/aromatic N) is 3. The summed E-state index contributed by atoms with van der Waals surface area (Å²) in [7, 11) is 1.52. The molecule has 0 aliphatic rings. The Labute approximate surface area is 113 Å². The lowest BCUT2D eigenvalue weighted by Gasteiger charge is -2.10. The zero-order chi connectivity index (χ0) is 14.0. The monoisotopic (exact) mass is 282 g/mol. The van der Waals surface area contributed by atoms with Crippen molar-refractivity contribution in [3.8, 4) is 5.75 Å². The summed E-state index contributed by atoms with van der Waals surface area (Å²) in [6.07, 6.45) is 1.11. The molecule has 1 aromatic heterocycles. The standard InChI is InChI=1S/C11H11ClN4O3/c1-19-10-4-2-3-8(12)7(10)6-15-11(13)9(5-14-15)16(17)18/h2-5H,6,13H2,1H3. The van der Waals surface area contributed by atoms with Crippen LogP contribution in [0.5, 0.6) is 5.75 Å². The highest BCUT2D eigenvalue weighted by Gasteiger charge is 2.19. The molecule has 2 aromatic rings. The lowest BCUT2D eigenvalue weighted by molar-refractivity contribution is -0.384. The minimum Gasteiger partial charge on any atom is -0.496 e. The summed E-state index contributed by atoms with van der Waals surface area (Å²) in [5.41, 5.74) is 6.10. The molecule has 0 aliphatic carbocycles. The minimum atomic E-state index is -0.581. The summed E-state index contributed by atoms with van der Waals surface area (Å²) in [4.78, 5) is 10.1. The highest BCUT2D eigenvalue weighted by atomic mass is 35.5. The van der Waals surface area contributed by atoms with E-state index in [4.69, 9.17) is 22.1 Å². The van der Waals surface area contributed by atoms with Crippen LogP contribution in [0, 0.1) is 10.1 Å². The van der Waals surface area contributed by atoms with Crippen molar-refractivity contribution in [2.75, 3.05) is 12.8 Å². The first kappa shape index (κ1) is 13.2. The Bertz CT molecular complexity index is 626. The number of nitrogens with two attached hydrogens (primary N) is 1. The van der Waals surface area contributed by atoms with Crippen LogP contribution in [-0.4, -0.2) is 21.8 Å². The third-order valence-corrected chi connectivity index (χ3v) is 3.01. The third-order valence-electron chi connectivity index (χ3n) is 2.66. The quantitative estimate of drug-likeness (QED) is 0.684. The van der Waals surface area contributed by atoms with Gasteiger partial charge in [-0.15, -0.1) is 0 Å². The number of nitro groups is 1. The summed E-state index contributed by atoms with van der Waals surface area (Å²) in [5, 5.41) is 15.1. The van der Waals surface area contributed by atoms with Crippen LogP contribution in [0.2, 0.25) is 5.02 Å². The molecule has 8 heteroatoms. The molecule has 0 amide bonds. The van der Waals surface area contributed by atoms with Crippen molar-refractivity contribution in [1.82, 2.24) is 9.78 Å². The predicted octanol–water partition coefficient (Wildman–Crippen LogP) is 2.08. The first-order chi connectivity index (χ1) is 9.04. The normalized spacial score (nSPS) is 10.4.